The highest BCUT2D eigenvalue weighted by atomic mass is 16.4. The van der Waals surface area contributed by atoms with Crippen molar-refractivity contribution in [2.24, 2.45) is 0 Å². The fourth-order valence-corrected chi connectivity index (χ4v) is 1.88. The van der Waals surface area contributed by atoms with Crippen LogP contribution < -0.4 is 0 Å². The van der Waals surface area contributed by atoms with Crippen LogP contribution in [0.15, 0.2) is 24.4 Å². The Labute approximate surface area is 105 Å². The van der Waals surface area contributed by atoms with Gasteiger partial charge in [0.1, 0.15) is 5.69 Å². The molecule has 0 unspecified atom stereocenters. The quantitative estimate of drug-likeness (QED) is 0.819. The number of likely N-dealkylation sites (tertiary alicyclic amines) is 1. The second kappa shape index (κ2) is 5.44. The molecule has 18 heavy (non-hydrogen) atoms. The Morgan fingerprint density at radius 3 is 2.56 bits per heavy atom. The number of rotatable bonds is 3. The summed E-state index contributed by atoms with van der Waals surface area (Å²) in [4.78, 5) is 28.2. The number of carbonyl (C=O) groups is 2. The summed E-state index contributed by atoms with van der Waals surface area (Å²) in [6.45, 7) is 1.59. The van der Waals surface area contributed by atoms with Crippen molar-refractivity contribution in [1.82, 2.24) is 9.88 Å². The first-order chi connectivity index (χ1) is 8.66. The number of aliphatic carboxylic acids is 1. The van der Waals surface area contributed by atoms with Crippen molar-refractivity contribution in [1.29, 1.82) is 0 Å². The summed E-state index contributed by atoms with van der Waals surface area (Å²) in [5.41, 5.74) is 1.07. The Kier molecular flexibility index (Phi) is 3.72. The molecule has 0 aliphatic carbocycles. The first-order valence-corrected chi connectivity index (χ1v) is 5.83. The average Bonchev–Trinajstić information content (AvgIpc) is 2.90. The highest BCUT2D eigenvalue weighted by Gasteiger charge is 2.19. The molecule has 0 saturated carbocycles. The molecular weight excluding hydrogens is 232 g/mol. The normalized spacial score (nSPS) is 15.2. The number of hydrogen-bond acceptors (Lipinski definition) is 3. The Morgan fingerprint density at radius 1 is 1.28 bits per heavy atom. The third-order valence-electron chi connectivity index (χ3n) is 2.82. The lowest BCUT2D eigenvalue weighted by Crippen LogP contribution is -2.28. The zero-order valence-corrected chi connectivity index (χ0v) is 9.87. The molecule has 2 heterocycles. The topological polar surface area (TPSA) is 70.5 Å². The summed E-state index contributed by atoms with van der Waals surface area (Å²) >= 11 is 0. The Hall–Kier alpha value is -2.17. The van der Waals surface area contributed by atoms with Gasteiger partial charge in [0.25, 0.3) is 5.91 Å². The lowest BCUT2D eigenvalue weighted by molar-refractivity contribution is -0.131. The summed E-state index contributed by atoms with van der Waals surface area (Å²) in [6.07, 6.45) is 6.08. The number of nitrogens with zero attached hydrogens (tertiary/aromatic N) is 2. The predicted molar refractivity (Wildman–Crippen MR) is 66.0 cm³/mol. The zero-order valence-electron chi connectivity index (χ0n) is 9.87. The molecule has 1 N–H and O–H groups in total. The van der Waals surface area contributed by atoms with E-state index in [0.717, 1.165) is 32.0 Å². The maximum atomic E-state index is 12.0. The van der Waals surface area contributed by atoms with Gasteiger partial charge in [0.05, 0.1) is 0 Å². The summed E-state index contributed by atoms with van der Waals surface area (Å²) in [7, 11) is 0. The lowest BCUT2D eigenvalue weighted by Gasteiger charge is -2.14. The minimum absolute atomic E-state index is 0.0544. The van der Waals surface area contributed by atoms with Gasteiger partial charge in [-0.1, -0.05) is 6.07 Å². The number of amides is 1. The number of carbonyl (C=O) groups excluding carboxylic acids is 1. The minimum atomic E-state index is -1.01. The van der Waals surface area contributed by atoms with E-state index in [9.17, 15) is 9.59 Å². The number of pyridine rings is 1. The molecule has 1 aromatic heterocycles. The van der Waals surface area contributed by atoms with Crippen molar-refractivity contribution in [3.05, 3.63) is 35.7 Å². The van der Waals surface area contributed by atoms with Crippen LogP contribution in [0.4, 0.5) is 0 Å². The maximum absolute atomic E-state index is 12.0. The first-order valence-electron chi connectivity index (χ1n) is 5.83. The molecule has 0 aromatic carbocycles. The summed E-state index contributed by atoms with van der Waals surface area (Å²) in [5.74, 6) is -1.06. The van der Waals surface area contributed by atoms with Gasteiger partial charge in [-0.2, -0.15) is 0 Å². The van der Waals surface area contributed by atoms with Crippen molar-refractivity contribution >= 4 is 18.0 Å². The molecule has 94 valence electrons. The standard InChI is InChI=1S/C13H14N2O3/c16-12(17)6-4-10-3-5-11(14-9-10)13(18)15-7-1-2-8-15/h3-6,9H,1-2,7-8H2,(H,16,17). The molecule has 2 rings (SSSR count). The number of carboxylic acid groups (broad SMARTS) is 1. The highest BCUT2D eigenvalue weighted by molar-refractivity contribution is 5.92. The molecule has 0 spiro atoms. The molecule has 0 atom stereocenters. The SMILES string of the molecule is O=C(O)C=Cc1ccc(C(=O)N2CCCC2)nc1. The van der Waals surface area contributed by atoms with E-state index in [2.05, 4.69) is 4.98 Å². The predicted octanol–water partition coefficient (Wildman–Crippen LogP) is 1.42. The summed E-state index contributed by atoms with van der Waals surface area (Å²) < 4.78 is 0. The highest BCUT2D eigenvalue weighted by Crippen LogP contribution is 2.12. The van der Waals surface area contributed by atoms with E-state index in [1.165, 1.54) is 12.3 Å². The van der Waals surface area contributed by atoms with Crippen LogP contribution in [0.1, 0.15) is 28.9 Å². The van der Waals surface area contributed by atoms with Crippen LogP contribution in [-0.4, -0.2) is 40.0 Å². The molecule has 1 aromatic rings. The third kappa shape index (κ3) is 2.94. The monoisotopic (exact) mass is 246 g/mol. The van der Waals surface area contributed by atoms with E-state index in [1.54, 1.807) is 17.0 Å². The van der Waals surface area contributed by atoms with Crippen molar-refractivity contribution in [3.8, 4) is 0 Å². The molecule has 0 bridgehead atoms. The number of aromatic nitrogens is 1. The van der Waals surface area contributed by atoms with Gasteiger partial charge < -0.3 is 10.0 Å². The van der Waals surface area contributed by atoms with E-state index in [4.69, 9.17) is 5.11 Å². The Bertz CT molecular complexity index is 474. The van der Waals surface area contributed by atoms with E-state index in [1.807, 2.05) is 0 Å². The van der Waals surface area contributed by atoms with Gasteiger partial charge >= 0.3 is 5.97 Å². The summed E-state index contributed by atoms with van der Waals surface area (Å²) in [6, 6.07) is 3.32. The van der Waals surface area contributed by atoms with Crippen LogP contribution in [0.25, 0.3) is 6.08 Å². The number of hydrogen-bond donors (Lipinski definition) is 1. The van der Waals surface area contributed by atoms with Gasteiger partial charge in [0.15, 0.2) is 0 Å². The molecule has 1 saturated heterocycles. The smallest absolute Gasteiger partial charge is 0.328 e. The van der Waals surface area contributed by atoms with Crippen molar-refractivity contribution in [2.45, 2.75) is 12.8 Å². The largest absolute Gasteiger partial charge is 0.478 e. The Morgan fingerprint density at radius 2 is 2.00 bits per heavy atom. The van der Waals surface area contributed by atoms with Crippen LogP contribution in [0.5, 0.6) is 0 Å². The molecule has 1 amide bonds. The minimum Gasteiger partial charge on any atom is -0.478 e. The zero-order chi connectivity index (χ0) is 13.0. The van der Waals surface area contributed by atoms with Crippen molar-refractivity contribution < 1.29 is 14.7 Å². The van der Waals surface area contributed by atoms with E-state index >= 15 is 0 Å². The average molecular weight is 246 g/mol. The lowest BCUT2D eigenvalue weighted by atomic mass is 10.2. The van der Waals surface area contributed by atoms with Gasteiger partial charge in [-0.3, -0.25) is 9.78 Å². The van der Waals surface area contributed by atoms with Gasteiger partial charge in [0, 0.05) is 25.4 Å². The fraction of sp³-hybridized carbons (Fsp3) is 0.308. The Balaban J connectivity index is 2.07. The molecule has 1 aliphatic rings. The molecule has 5 nitrogen and oxygen atoms in total. The third-order valence-corrected chi connectivity index (χ3v) is 2.82. The van der Waals surface area contributed by atoms with E-state index in [0.29, 0.717) is 11.3 Å². The van der Waals surface area contributed by atoms with Crippen LogP contribution in [0.3, 0.4) is 0 Å². The molecule has 1 aliphatic heterocycles. The van der Waals surface area contributed by atoms with Crippen molar-refractivity contribution in [2.75, 3.05) is 13.1 Å². The van der Waals surface area contributed by atoms with Gasteiger partial charge in [-0.05, 0) is 30.5 Å². The first kappa shape index (κ1) is 12.3. The van der Waals surface area contributed by atoms with E-state index < -0.39 is 5.97 Å². The van der Waals surface area contributed by atoms with Crippen molar-refractivity contribution in [3.63, 3.8) is 0 Å². The van der Waals surface area contributed by atoms with E-state index in [-0.39, 0.29) is 5.91 Å². The van der Waals surface area contributed by atoms with Crippen LogP contribution in [0.2, 0.25) is 0 Å². The second-order valence-corrected chi connectivity index (χ2v) is 4.15. The van der Waals surface area contributed by atoms with Gasteiger partial charge in [-0.25, -0.2) is 4.79 Å². The van der Waals surface area contributed by atoms with Crippen LogP contribution in [-0.2, 0) is 4.79 Å². The molecule has 1 fully saturated rings. The van der Waals surface area contributed by atoms with Gasteiger partial charge in [-0.15, -0.1) is 0 Å². The van der Waals surface area contributed by atoms with Crippen LogP contribution >= 0.6 is 0 Å². The van der Waals surface area contributed by atoms with Crippen LogP contribution in [0, 0.1) is 0 Å². The van der Waals surface area contributed by atoms with Gasteiger partial charge in [0.2, 0.25) is 0 Å². The molecular formula is C13H14N2O3. The molecule has 0 radical (unpaired) electrons. The molecule has 5 heteroatoms. The summed E-state index contributed by atoms with van der Waals surface area (Å²) in [5, 5.41) is 8.49. The number of carboxylic acids is 1. The second-order valence-electron chi connectivity index (χ2n) is 4.15. The maximum Gasteiger partial charge on any atom is 0.328 e. The fourth-order valence-electron chi connectivity index (χ4n) is 1.88.